The number of aliphatic hydroxyl groups excluding tert-OH is 1. The van der Waals surface area contributed by atoms with Crippen LogP contribution in [-0.4, -0.2) is 31.0 Å². The summed E-state index contributed by atoms with van der Waals surface area (Å²) in [5, 5.41) is 26.9. The molecule has 0 fully saturated rings. The van der Waals surface area contributed by atoms with Crippen LogP contribution >= 0.6 is 0 Å². The summed E-state index contributed by atoms with van der Waals surface area (Å²) in [6.45, 7) is 6.26. The van der Waals surface area contributed by atoms with Crippen molar-refractivity contribution in [1.29, 1.82) is 0 Å². The molecule has 4 rings (SSSR count). The van der Waals surface area contributed by atoms with E-state index in [-0.39, 0.29) is 11.5 Å². The van der Waals surface area contributed by atoms with Gasteiger partial charge >= 0.3 is 0 Å². The second kappa shape index (κ2) is 5.27. The molecule has 124 valence electrons. The normalized spacial score (nSPS) is 20.3. The number of hydrogen-bond donors (Lipinski definition) is 2. The number of rotatable bonds is 2. The zero-order chi connectivity index (χ0) is 16.9. The Morgan fingerprint density at radius 3 is 2.71 bits per heavy atom. The van der Waals surface area contributed by atoms with Crippen molar-refractivity contribution in [3.05, 3.63) is 53.3 Å². The number of aromatic nitrogens is 4. The summed E-state index contributed by atoms with van der Waals surface area (Å²) in [5.41, 5.74) is 2.89. The van der Waals surface area contributed by atoms with Gasteiger partial charge in [-0.2, -0.15) is 4.52 Å². The summed E-state index contributed by atoms with van der Waals surface area (Å²) in [6, 6.07) is 11.7. The van der Waals surface area contributed by atoms with Gasteiger partial charge in [0, 0.05) is 11.8 Å². The minimum atomic E-state index is -0.456. The zero-order valence-electron chi connectivity index (χ0n) is 14.1. The van der Waals surface area contributed by atoms with Gasteiger partial charge in [-0.15, -0.1) is 15.3 Å². The molecule has 0 spiro atoms. The quantitative estimate of drug-likeness (QED) is 0.758. The molecule has 1 aliphatic carbocycles. The van der Waals surface area contributed by atoms with Crippen molar-refractivity contribution < 1.29 is 5.11 Å². The van der Waals surface area contributed by atoms with Crippen LogP contribution in [0.1, 0.15) is 43.8 Å². The fourth-order valence-electron chi connectivity index (χ4n) is 3.24. The third-order valence-corrected chi connectivity index (χ3v) is 4.44. The summed E-state index contributed by atoms with van der Waals surface area (Å²) >= 11 is 0. The predicted molar refractivity (Wildman–Crippen MR) is 92.0 cm³/mol. The van der Waals surface area contributed by atoms with Crippen LogP contribution in [0.4, 0.5) is 5.82 Å². The fourth-order valence-corrected chi connectivity index (χ4v) is 3.24. The van der Waals surface area contributed by atoms with Crippen LogP contribution in [0, 0.1) is 0 Å². The second-order valence-corrected chi connectivity index (χ2v) is 7.35. The van der Waals surface area contributed by atoms with Gasteiger partial charge in [0.25, 0.3) is 0 Å². The molecule has 6 nitrogen and oxygen atoms in total. The molecule has 1 aliphatic rings. The number of anilines is 1. The van der Waals surface area contributed by atoms with E-state index < -0.39 is 6.10 Å². The molecular weight excluding hydrogens is 302 g/mol. The van der Waals surface area contributed by atoms with E-state index in [0.717, 1.165) is 17.0 Å². The molecule has 0 saturated carbocycles. The van der Waals surface area contributed by atoms with Crippen molar-refractivity contribution in [2.24, 2.45) is 0 Å². The van der Waals surface area contributed by atoms with Gasteiger partial charge in [0.2, 0.25) is 0 Å². The Bertz CT molecular complexity index is 896. The van der Waals surface area contributed by atoms with Crippen molar-refractivity contribution in [1.82, 2.24) is 19.8 Å². The van der Waals surface area contributed by atoms with Gasteiger partial charge in [-0.05, 0) is 23.3 Å². The first-order chi connectivity index (χ1) is 11.4. The van der Waals surface area contributed by atoms with Crippen LogP contribution in [-0.2, 0) is 11.8 Å². The number of hydrogen-bond acceptors (Lipinski definition) is 5. The summed E-state index contributed by atoms with van der Waals surface area (Å²) in [5.74, 6) is 1.52. The topological polar surface area (TPSA) is 75.3 Å². The van der Waals surface area contributed by atoms with E-state index in [2.05, 4.69) is 53.5 Å². The first kappa shape index (κ1) is 15.1. The van der Waals surface area contributed by atoms with E-state index in [1.165, 1.54) is 5.56 Å². The Morgan fingerprint density at radius 1 is 1.12 bits per heavy atom. The van der Waals surface area contributed by atoms with Gasteiger partial charge < -0.3 is 10.4 Å². The summed E-state index contributed by atoms with van der Waals surface area (Å²) in [6.07, 6.45) is 0.207. The molecule has 2 aromatic heterocycles. The largest absolute Gasteiger partial charge is 0.390 e. The maximum Gasteiger partial charge on any atom is 0.178 e. The Balaban J connectivity index is 1.70. The molecule has 24 heavy (non-hydrogen) atoms. The van der Waals surface area contributed by atoms with Crippen LogP contribution in [0.5, 0.6) is 0 Å². The Morgan fingerprint density at radius 2 is 1.92 bits per heavy atom. The van der Waals surface area contributed by atoms with Crippen molar-refractivity contribution in [2.75, 3.05) is 5.32 Å². The average Bonchev–Trinajstić information content (AvgIpc) is 3.08. The van der Waals surface area contributed by atoms with Gasteiger partial charge in [-0.25, -0.2) is 0 Å². The van der Waals surface area contributed by atoms with E-state index in [9.17, 15) is 5.11 Å². The first-order valence-electron chi connectivity index (χ1n) is 8.19. The van der Waals surface area contributed by atoms with Gasteiger partial charge in [-0.3, -0.25) is 0 Å². The maximum atomic E-state index is 10.4. The lowest BCUT2D eigenvalue weighted by Crippen LogP contribution is -2.22. The van der Waals surface area contributed by atoms with Crippen LogP contribution < -0.4 is 5.32 Å². The SMILES string of the molecule is CC(C)(C)c1nnc2ccc(NC3c4ccccc4CC3O)nn12. The molecule has 2 N–H and O–H groups in total. The third-order valence-electron chi connectivity index (χ3n) is 4.44. The highest BCUT2D eigenvalue weighted by atomic mass is 16.3. The molecule has 0 radical (unpaired) electrons. The van der Waals surface area contributed by atoms with Crippen molar-refractivity contribution in [3.63, 3.8) is 0 Å². The van der Waals surface area contributed by atoms with E-state index >= 15 is 0 Å². The van der Waals surface area contributed by atoms with E-state index in [0.29, 0.717) is 12.2 Å². The van der Waals surface area contributed by atoms with Crippen molar-refractivity contribution >= 4 is 11.5 Å². The van der Waals surface area contributed by atoms with Gasteiger partial charge in [0.1, 0.15) is 5.82 Å². The number of nitrogens with zero attached hydrogens (tertiary/aromatic N) is 4. The average molecular weight is 323 g/mol. The lowest BCUT2D eigenvalue weighted by molar-refractivity contribution is 0.165. The van der Waals surface area contributed by atoms with Crippen LogP contribution in [0.2, 0.25) is 0 Å². The number of nitrogens with one attached hydrogen (secondary N) is 1. The number of aliphatic hydroxyl groups is 1. The highest BCUT2D eigenvalue weighted by Crippen LogP contribution is 2.33. The Labute approximate surface area is 140 Å². The summed E-state index contributed by atoms with van der Waals surface area (Å²) in [4.78, 5) is 0. The lowest BCUT2D eigenvalue weighted by atomic mass is 9.96. The molecule has 0 aliphatic heterocycles. The van der Waals surface area contributed by atoms with Crippen molar-refractivity contribution in [2.45, 2.75) is 44.8 Å². The molecule has 2 heterocycles. The highest BCUT2D eigenvalue weighted by Gasteiger charge is 2.31. The molecule has 0 saturated heterocycles. The highest BCUT2D eigenvalue weighted by molar-refractivity contribution is 5.48. The molecule has 0 amide bonds. The maximum absolute atomic E-state index is 10.4. The number of fused-ring (bicyclic) bond motifs is 2. The summed E-state index contributed by atoms with van der Waals surface area (Å²) < 4.78 is 1.77. The molecule has 1 aromatic carbocycles. The van der Waals surface area contributed by atoms with Gasteiger partial charge in [0.05, 0.1) is 12.1 Å². The second-order valence-electron chi connectivity index (χ2n) is 7.35. The summed E-state index contributed by atoms with van der Waals surface area (Å²) in [7, 11) is 0. The minimum absolute atomic E-state index is 0.148. The lowest BCUT2D eigenvalue weighted by Gasteiger charge is -2.19. The Hall–Kier alpha value is -2.47. The third kappa shape index (κ3) is 2.43. The van der Waals surface area contributed by atoms with Crippen molar-refractivity contribution in [3.8, 4) is 0 Å². The standard InChI is InChI=1S/C18H21N5O/c1-18(2,3)17-21-20-15-9-8-14(22-23(15)17)19-16-12-7-5-4-6-11(12)10-13(16)24/h4-9,13,16,24H,10H2,1-3H3,(H,19,22). The molecule has 2 atom stereocenters. The van der Waals surface area contributed by atoms with Crippen LogP contribution in [0.25, 0.3) is 5.65 Å². The van der Waals surface area contributed by atoms with Crippen LogP contribution in [0.3, 0.4) is 0 Å². The first-order valence-corrected chi connectivity index (χ1v) is 8.19. The smallest absolute Gasteiger partial charge is 0.178 e. The Kier molecular flexibility index (Phi) is 3.31. The molecule has 6 heteroatoms. The van der Waals surface area contributed by atoms with Gasteiger partial charge in [0.15, 0.2) is 11.5 Å². The molecule has 0 bridgehead atoms. The fraction of sp³-hybridized carbons (Fsp3) is 0.389. The molecular formula is C18H21N5O. The monoisotopic (exact) mass is 323 g/mol. The van der Waals surface area contributed by atoms with Crippen LogP contribution in [0.15, 0.2) is 36.4 Å². The van der Waals surface area contributed by atoms with E-state index in [4.69, 9.17) is 0 Å². The molecule has 3 aromatic rings. The van der Waals surface area contributed by atoms with E-state index in [1.54, 1.807) is 4.52 Å². The predicted octanol–water partition coefficient (Wildman–Crippen LogP) is 2.49. The number of benzene rings is 1. The minimum Gasteiger partial charge on any atom is -0.390 e. The van der Waals surface area contributed by atoms with Gasteiger partial charge in [-0.1, -0.05) is 45.0 Å². The zero-order valence-corrected chi connectivity index (χ0v) is 14.1. The molecule has 2 unspecified atom stereocenters. The van der Waals surface area contributed by atoms with E-state index in [1.807, 2.05) is 24.3 Å².